The van der Waals surface area contributed by atoms with E-state index in [0.29, 0.717) is 12.1 Å². The van der Waals surface area contributed by atoms with Crippen LogP contribution in [0.4, 0.5) is 10.5 Å². The summed E-state index contributed by atoms with van der Waals surface area (Å²) in [6.45, 7) is 0. The van der Waals surface area contributed by atoms with Crippen molar-refractivity contribution in [3.8, 4) is 0 Å². The van der Waals surface area contributed by atoms with Crippen molar-refractivity contribution >= 4 is 27.5 Å². The molecule has 0 aliphatic heterocycles. The van der Waals surface area contributed by atoms with Gasteiger partial charge in [0.05, 0.1) is 10.6 Å². The lowest BCUT2D eigenvalue weighted by Gasteiger charge is -2.29. The highest BCUT2D eigenvalue weighted by atomic mass is 32.2. The van der Waals surface area contributed by atoms with Crippen molar-refractivity contribution < 1.29 is 22.7 Å². The summed E-state index contributed by atoms with van der Waals surface area (Å²) in [5, 5.41) is 5.56. The zero-order valence-corrected chi connectivity index (χ0v) is 17.4. The first-order chi connectivity index (χ1) is 14.4. The summed E-state index contributed by atoms with van der Waals surface area (Å²) in [6.07, 6.45) is 1.92. The molecule has 8 heteroatoms. The van der Waals surface area contributed by atoms with Crippen LogP contribution >= 0.6 is 0 Å². The Bertz CT molecular complexity index is 948. The van der Waals surface area contributed by atoms with Gasteiger partial charge in [-0.25, -0.2) is 13.2 Å². The zero-order valence-electron chi connectivity index (χ0n) is 16.6. The molecule has 1 aliphatic carbocycles. The van der Waals surface area contributed by atoms with Crippen LogP contribution in [0.1, 0.15) is 32.1 Å². The Kier molecular flexibility index (Phi) is 7.46. The third kappa shape index (κ3) is 6.59. The summed E-state index contributed by atoms with van der Waals surface area (Å²) in [7, 11) is -3.49. The average molecular weight is 431 g/mol. The monoisotopic (exact) mass is 430 g/mol. The van der Waals surface area contributed by atoms with E-state index in [1.54, 1.807) is 30.3 Å². The van der Waals surface area contributed by atoms with E-state index in [9.17, 15) is 18.0 Å². The van der Waals surface area contributed by atoms with Gasteiger partial charge in [-0.05, 0) is 43.5 Å². The fourth-order valence-electron chi connectivity index (χ4n) is 3.48. The molecule has 1 fully saturated rings. The van der Waals surface area contributed by atoms with Gasteiger partial charge in [-0.2, -0.15) is 0 Å². The van der Waals surface area contributed by atoms with Crippen LogP contribution in [0.5, 0.6) is 0 Å². The maximum Gasteiger partial charge on any atom is 0.411 e. The van der Waals surface area contributed by atoms with Gasteiger partial charge in [0.2, 0.25) is 5.91 Å². The van der Waals surface area contributed by atoms with Gasteiger partial charge in [0.15, 0.2) is 9.84 Å². The Morgan fingerprint density at radius 1 is 0.967 bits per heavy atom. The van der Waals surface area contributed by atoms with Gasteiger partial charge in [-0.15, -0.1) is 0 Å². The van der Waals surface area contributed by atoms with Gasteiger partial charge in [0.1, 0.15) is 6.10 Å². The van der Waals surface area contributed by atoms with Crippen LogP contribution in [0.3, 0.4) is 0 Å². The maximum absolute atomic E-state index is 12.3. The number of anilines is 1. The molecule has 2 N–H and O–H groups in total. The largest absolute Gasteiger partial charge is 0.446 e. The summed E-state index contributed by atoms with van der Waals surface area (Å²) in [4.78, 5) is 24.5. The smallest absolute Gasteiger partial charge is 0.411 e. The second kappa shape index (κ2) is 10.2. The molecule has 1 aliphatic rings. The molecule has 0 unspecified atom stereocenters. The fraction of sp³-hybridized carbons (Fsp3) is 0.364. The first-order valence-electron chi connectivity index (χ1n) is 10.0. The van der Waals surface area contributed by atoms with Crippen molar-refractivity contribution in [1.29, 1.82) is 0 Å². The molecule has 30 heavy (non-hydrogen) atoms. The van der Waals surface area contributed by atoms with Crippen LogP contribution in [0.25, 0.3) is 0 Å². The molecule has 0 radical (unpaired) electrons. The van der Waals surface area contributed by atoms with Crippen LogP contribution in [0.2, 0.25) is 0 Å². The van der Waals surface area contributed by atoms with Gasteiger partial charge in [0, 0.05) is 24.6 Å². The highest BCUT2D eigenvalue weighted by Crippen LogP contribution is 2.22. The van der Waals surface area contributed by atoms with Crippen LogP contribution < -0.4 is 10.6 Å². The Morgan fingerprint density at radius 3 is 2.33 bits per heavy atom. The minimum absolute atomic E-state index is 0.103. The van der Waals surface area contributed by atoms with Crippen molar-refractivity contribution in [3.63, 3.8) is 0 Å². The van der Waals surface area contributed by atoms with Crippen LogP contribution in [0.15, 0.2) is 65.6 Å². The van der Waals surface area contributed by atoms with Gasteiger partial charge in [-0.3, -0.25) is 10.1 Å². The Morgan fingerprint density at radius 2 is 1.63 bits per heavy atom. The van der Waals surface area contributed by atoms with E-state index in [2.05, 4.69) is 10.6 Å². The van der Waals surface area contributed by atoms with E-state index in [0.717, 1.165) is 19.3 Å². The number of para-hydroxylation sites is 1. The molecule has 160 valence electrons. The number of sulfone groups is 1. The van der Waals surface area contributed by atoms with E-state index in [-0.39, 0.29) is 35.1 Å². The molecule has 2 atom stereocenters. The predicted octanol–water partition coefficient (Wildman–Crippen LogP) is 3.53. The minimum atomic E-state index is -3.49. The molecule has 3 rings (SSSR count). The second-order valence-electron chi connectivity index (χ2n) is 7.33. The van der Waals surface area contributed by atoms with Crippen LogP contribution in [0, 0.1) is 0 Å². The molecular weight excluding hydrogens is 404 g/mol. The molecule has 7 nitrogen and oxygen atoms in total. The average Bonchev–Trinajstić information content (AvgIpc) is 2.74. The quantitative estimate of drug-likeness (QED) is 0.700. The Balaban J connectivity index is 1.44. The van der Waals surface area contributed by atoms with Crippen molar-refractivity contribution in [2.45, 2.75) is 49.1 Å². The van der Waals surface area contributed by atoms with Gasteiger partial charge >= 0.3 is 6.09 Å². The molecule has 2 aromatic carbocycles. The summed E-state index contributed by atoms with van der Waals surface area (Å²) < 4.78 is 30.1. The summed E-state index contributed by atoms with van der Waals surface area (Å²) in [6, 6.07) is 17.0. The number of nitrogens with one attached hydrogen (secondary N) is 2. The lowest BCUT2D eigenvalue weighted by molar-refractivity contribution is -0.121. The highest BCUT2D eigenvalue weighted by Gasteiger charge is 2.26. The molecule has 0 aromatic heterocycles. The van der Waals surface area contributed by atoms with E-state index in [1.807, 2.05) is 18.2 Å². The zero-order chi connectivity index (χ0) is 21.4. The number of rotatable bonds is 7. The third-order valence-electron chi connectivity index (χ3n) is 4.99. The SMILES string of the molecule is O=C(CCS(=O)(=O)c1ccccc1)N[C@H]1CCC[C@@H](OC(=O)Nc2ccccc2)C1. The third-order valence-corrected chi connectivity index (χ3v) is 6.72. The summed E-state index contributed by atoms with van der Waals surface area (Å²) in [5.74, 6) is -0.552. The van der Waals surface area contributed by atoms with Gasteiger partial charge in [-0.1, -0.05) is 36.4 Å². The molecule has 1 saturated carbocycles. The number of hydrogen-bond acceptors (Lipinski definition) is 5. The second-order valence-corrected chi connectivity index (χ2v) is 9.44. The van der Waals surface area contributed by atoms with Crippen molar-refractivity contribution in [2.24, 2.45) is 0 Å². The van der Waals surface area contributed by atoms with Crippen molar-refractivity contribution in [1.82, 2.24) is 5.32 Å². The Labute approximate surface area is 176 Å². The van der Waals surface area contributed by atoms with E-state index >= 15 is 0 Å². The standard InChI is InChI=1S/C22H26N2O5S/c25-21(14-15-30(27,28)20-12-5-2-6-13-20)23-18-10-7-11-19(16-18)29-22(26)24-17-8-3-1-4-9-17/h1-6,8-9,12-13,18-19H,7,10-11,14-16H2,(H,23,25)(H,24,26)/t18-,19+/m0/s1. The first-order valence-corrected chi connectivity index (χ1v) is 11.7. The fourth-order valence-corrected chi connectivity index (χ4v) is 4.74. The maximum atomic E-state index is 12.3. The molecule has 0 saturated heterocycles. The number of carbonyl (C=O) groups excluding carboxylic acids is 2. The minimum Gasteiger partial charge on any atom is -0.446 e. The van der Waals surface area contributed by atoms with E-state index in [4.69, 9.17) is 4.74 Å². The molecule has 2 aromatic rings. The number of carbonyl (C=O) groups is 2. The molecule has 2 amide bonds. The van der Waals surface area contributed by atoms with Gasteiger partial charge < -0.3 is 10.1 Å². The van der Waals surface area contributed by atoms with Crippen molar-refractivity contribution in [3.05, 3.63) is 60.7 Å². The Hall–Kier alpha value is -2.87. The number of benzene rings is 2. The lowest BCUT2D eigenvalue weighted by atomic mass is 9.93. The van der Waals surface area contributed by atoms with Gasteiger partial charge in [0.25, 0.3) is 0 Å². The normalized spacial score (nSPS) is 18.9. The molecule has 0 heterocycles. The summed E-state index contributed by atoms with van der Waals surface area (Å²) >= 11 is 0. The van der Waals surface area contributed by atoms with Crippen molar-refractivity contribution in [2.75, 3.05) is 11.1 Å². The number of hydrogen-bond donors (Lipinski definition) is 2. The molecule has 0 bridgehead atoms. The topological polar surface area (TPSA) is 102 Å². The number of ether oxygens (including phenoxy) is 1. The predicted molar refractivity (Wildman–Crippen MR) is 114 cm³/mol. The highest BCUT2D eigenvalue weighted by molar-refractivity contribution is 7.91. The van der Waals surface area contributed by atoms with E-state index in [1.165, 1.54) is 12.1 Å². The molecule has 0 spiro atoms. The first kappa shape index (κ1) is 21.8. The van der Waals surface area contributed by atoms with Crippen LogP contribution in [-0.2, 0) is 19.4 Å². The van der Waals surface area contributed by atoms with E-state index < -0.39 is 15.9 Å². The summed E-state index contributed by atoms with van der Waals surface area (Å²) in [5.41, 5.74) is 0.655. The number of amides is 2. The van der Waals surface area contributed by atoms with Crippen LogP contribution in [-0.4, -0.2) is 38.3 Å². The molecular formula is C22H26N2O5S. The lowest BCUT2D eigenvalue weighted by Crippen LogP contribution is -2.41.